The van der Waals surface area contributed by atoms with Crippen LogP contribution < -0.4 is 0 Å². The van der Waals surface area contributed by atoms with E-state index in [1.165, 1.54) is 32.1 Å². The van der Waals surface area contributed by atoms with Gasteiger partial charge in [0.05, 0.1) is 26.4 Å². The van der Waals surface area contributed by atoms with Crippen LogP contribution in [0.3, 0.4) is 0 Å². The average molecular weight is 781 g/mol. The molecule has 0 saturated heterocycles. The molecule has 10 heteroatoms. The molecule has 0 aliphatic carbocycles. The second-order valence-electron chi connectivity index (χ2n) is 13.6. The first kappa shape index (κ1) is 51.9. The Balaban J connectivity index is 4.26. The Morgan fingerprint density at radius 2 is 1.06 bits per heavy atom. The molecule has 0 aliphatic heterocycles. The molecule has 312 valence electrons. The van der Waals surface area contributed by atoms with Gasteiger partial charge in [0.2, 0.25) is 0 Å². The maximum Gasteiger partial charge on any atom is 0.472 e. The highest BCUT2D eigenvalue weighted by molar-refractivity contribution is 7.47. The molecule has 0 fully saturated rings. The monoisotopic (exact) mass is 781 g/mol. The highest BCUT2D eigenvalue weighted by Crippen LogP contribution is 2.43. The molecule has 0 amide bonds. The lowest BCUT2D eigenvalue weighted by Crippen LogP contribution is -2.29. The standard InChI is InChI=1S/C44H77O9P/c1-3-5-7-9-11-13-15-17-18-19-20-21-22-23-25-27-29-31-33-35-37-50-40-43(41-52-54(48,49)51-39-42(46)38-45)53-44(47)36-34-32-30-28-26-24-16-14-12-10-8-6-4-2/h5,7,11,13-14,16-18,20-21,23,25,42-43,45-46H,3-4,6,8-10,12,15,19,22,24,26-41H2,1-2H3,(H,48,49)/b7-5-,13-11-,16-14-,18-17-,21-20-,25-23-. The van der Waals surface area contributed by atoms with Gasteiger partial charge < -0.3 is 24.6 Å². The van der Waals surface area contributed by atoms with Crippen LogP contribution in [-0.2, 0) is 27.9 Å². The molecule has 0 radical (unpaired) electrons. The lowest BCUT2D eigenvalue weighted by Gasteiger charge is -2.20. The number of ether oxygens (including phenoxy) is 2. The number of carbonyl (C=O) groups excluding carboxylic acids is 1. The summed E-state index contributed by atoms with van der Waals surface area (Å²) in [5, 5.41) is 18.3. The SMILES string of the molecule is CC/C=C\C/C=C\C/C=C\C/C=C\C/C=C\CCCCCCOCC(COP(=O)(O)OCC(O)CO)OC(=O)CCCCCCC/C=C\CCCCCC. The number of aliphatic hydroxyl groups excluding tert-OH is 2. The van der Waals surface area contributed by atoms with Crippen molar-refractivity contribution in [1.82, 2.24) is 0 Å². The van der Waals surface area contributed by atoms with E-state index in [2.05, 4.69) is 86.8 Å². The Morgan fingerprint density at radius 3 is 1.61 bits per heavy atom. The second kappa shape index (κ2) is 40.6. The zero-order chi connectivity index (χ0) is 39.6. The fourth-order valence-corrected chi connectivity index (χ4v) is 5.99. The Morgan fingerprint density at radius 1 is 0.593 bits per heavy atom. The van der Waals surface area contributed by atoms with Crippen molar-refractivity contribution in [2.24, 2.45) is 0 Å². The summed E-state index contributed by atoms with van der Waals surface area (Å²) in [6.07, 6.45) is 47.2. The first-order valence-electron chi connectivity index (χ1n) is 20.9. The number of hydrogen-bond donors (Lipinski definition) is 3. The molecule has 0 rings (SSSR count). The minimum absolute atomic E-state index is 0.0250. The van der Waals surface area contributed by atoms with Crippen molar-refractivity contribution < 1.29 is 43.0 Å². The smallest absolute Gasteiger partial charge is 0.457 e. The third-order valence-electron chi connectivity index (χ3n) is 8.38. The van der Waals surface area contributed by atoms with Crippen LogP contribution >= 0.6 is 7.82 Å². The molecule has 0 aromatic carbocycles. The number of phosphoric ester groups is 1. The normalized spacial score (nSPS) is 14.8. The summed E-state index contributed by atoms with van der Waals surface area (Å²) in [5.41, 5.74) is 0. The number of aliphatic hydroxyl groups is 2. The molecule has 0 saturated carbocycles. The van der Waals surface area contributed by atoms with Gasteiger partial charge in [0.1, 0.15) is 12.2 Å². The number of carbonyl (C=O) groups is 1. The maximum absolute atomic E-state index is 12.6. The maximum atomic E-state index is 12.6. The van der Waals surface area contributed by atoms with Crippen LogP contribution in [0.2, 0.25) is 0 Å². The third kappa shape index (κ3) is 39.6. The van der Waals surface area contributed by atoms with E-state index >= 15 is 0 Å². The van der Waals surface area contributed by atoms with E-state index in [-0.39, 0.29) is 13.0 Å². The predicted molar refractivity (Wildman–Crippen MR) is 223 cm³/mol. The van der Waals surface area contributed by atoms with E-state index in [0.29, 0.717) is 13.0 Å². The van der Waals surface area contributed by atoms with E-state index < -0.39 is 45.8 Å². The van der Waals surface area contributed by atoms with E-state index in [1.54, 1.807) is 0 Å². The molecule has 0 bridgehead atoms. The molecule has 0 aromatic heterocycles. The first-order chi connectivity index (χ1) is 26.3. The van der Waals surface area contributed by atoms with Crippen molar-refractivity contribution >= 4 is 13.8 Å². The Hall–Kier alpha value is -2.10. The van der Waals surface area contributed by atoms with Crippen molar-refractivity contribution in [3.63, 3.8) is 0 Å². The van der Waals surface area contributed by atoms with Crippen LogP contribution in [0.15, 0.2) is 72.9 Å². The van der Waals surface area contributed by atoms with E-state index in [4.69, 9.17) is 23.6 Å². The van der Waals surface area contributed by atoms with Gasteiger partial charge in [-0.15, -0.1) is 0 Å². The third-order valence-corrected chi connectivity index (χ3v) is 9.33. The summed E-state index contributed by atoms with van der Waals surface area (Å²) in [5.74, 6) is -0.405. The minimum Gasteiger partial charge on any atom is -0.457 e. The van der Waals surface area contributed by atoms with E-state index in [1.807, 2.05) is 0 Å². The van der Waals surface area contributed by atoms with Crippen LogP contribution in [0.1, 0.15) is 155 Å². The Kier molecular flexibility index (Phi) is 39.0. The summed E-state index contributed by atoms with van der Waals surface area (Å²) in [6, 6.07) is 0. The number of rotatable bonds is 39. The second-order valence-corrected chi connectivity index (χ2v) is 15.1. The average Bonchev–Trinajstić information content (AvgIpc) is 3.16. The number of allylic oxidation sites excluding steroid dienone is 12. The fourth-order valence-electron chi connectivity index (χ4n) is 5.20. The first-order valence-corrected chi connectivity index (χ1v) is 22.4. The fraction of sp³-hybridized carbons (Fsp3) is 0.705. The zero-order valence-electron chi connectivity index (χ0n) is 33.9. The Labute approximate surface area is 329 Å². The number of esters is 1. The summed E-state index contributed by atoms with van der Waals surface area (Å²) >= 11 is 0. The van der Waals surface area contributed by atoms with Crippen molar-refractivity contribution in [1.29, 1.82) is 0 Å². The van der Waals surface area contributed by atoms with Crippen molar-refractivity contribution in [2.45, 2.75) is 167 Å². The molecule has 3 atom stereocenters. The van der Waals surface area contributed by atoms with Gasteiger partial charge >= 0.3 is 13.8 Å². The largest absolute Gasteiger partial charge is 0.472 e. The van der Waals surface area contributed by atoms with Gasteiger partial charge in [-0.25, -0.2) is 4.57 Å². The van der Waals surface area contributed by atoms with Crippen molar-refractivity contribution in [3.05, 3.63) is 72.9 Å². The molecular formula is C44H77O9P. The highest BCUT2D eigenvalue weighted by Gasteiger charge is 2.26. The Bertz CT molecular complexity index is 1070. The van der Waals surface area contributed by atoms with Gasteiger partial charge in [-0.3, -0.25) is 13.8 Å². The molecule has 54 heavy (non-hydrogen) atoms. The van der Waals surface area contributed by atoms with Crippen molar-refractivity contribution in [3.8, 4) is 0 Å². The molecular weight excluding hydrogens is 703 g/mol. The molecule has 3 N–H and O–H groups in total. The number of phosphoric acid groups is 1. The van der Waals surface area contributed by atoms with Gasteiger partial charge in [0.15, 0.2) is 0 Å². The summed E-state index contributed by atoms with van der Waals surface area (Å²) in [6.45, 7) is 3.29. The quantitative estimate of drug-likeness (QED) is 0.0241. The van der Waals surface area contributed by atoms with Crippen LogP contribution in [0.4, 0.5) is 0 Å². The molecule has 0 aromatic rings. The van der Waals surface area contributed by atoms with Gasteiger partial charge in [-0.2, -0.15) is 0 Å². The van der Waals surface area contributed by atoms with Crippen molar-refractivity contribution in [2.75, 3.05) is 33.0 Å². The van der Waals surface area contributed by atoms with Gasteiger partial charge in [0.25, 0.3) is 0 Å². The van der Waals surface area contributed by atoms with Gasteiger partial charge in [-0.05, 0) is 83.5 Å². The van der Waals surface area contributed by atoms with Gasteiger partial charge in [0, 0.05) is 13.0 Å². The number of unbranched alkanes of at least 4 members (excludes halogenated alkanes) is 13. The molecule has 0 aliphatic rings. The summed E-state index contributed by atoms with van der Waals surface area (Å²) in [4.78, 5) is 22.5. The van der Waals surface area contributed by atoms with E-state index in [0.717, 1.165) is 96.3 Å². The topological polar surface area (TPSA) is 132 Å². The summed E-state index contributed by atoms with van der Waals surface area (Å²) in [7, 11) is -4.53. The molecule has 9 nitrogen and oxygen atoms in total. The number of hydrogen-bond acceptors (Lipinski definition) is 8. The molecule has 0 heterocycles. The van der Waals surface area contributed by atoms with Crippen LogP contribution in [0.25, 0.3) is 0 Å². The van der Waals surface area contributed by atoms with Crippen LogP contribution in [0.5, 0.6) is 0 Å². The summed E-state index contributed by atoms with van der Waals surface area (Å²) < 4.78 is 33.3. The predicted octanol–water partition coefficient (Wildman–Crippen LogP) is 11.4. The van der Waals surface area contributed by atoms with E-state index in [9.17, 15) is 19.4 Å². The zero-order valence-corrected chi connectivity index (χ0v) is 34.8. The molecule has 3 unspecified atom stereocenters. The van der Waals surface area contributed by atoms with Crippen LogP contribution in [0, 0.1) is 0 Å². The van der Waals surface area contributed by atoms with Gasteiger partial charge in [-0.1, -0.05) is 138 Å². The lowest BCUT2D eigenvalue weighted by atomic mass is 10.1. The van der Waals surface area contributed by atoms with Crippen LogP contribution in [-0.4, -0.2) is 66.3 Å². The lowest BCUT2D eigenvalue weighted by molar-refractivity contribution is -0.154. The minimum atomic E-state index is -4.53. The highest BCUT2D eigenvalue weighted by atomic mass is 31.2. The molecule has 0 spiro atoms.